The van der Waals surface area contributed by atoms with Crippen molar-refractivity contribution in [3.8, 4) is 0 Å². The van der Waals surface area contributed by atoms with E-state index in [1.165, 1.54) is 12.1 Å². The van der Waals surface area contributed by atoms with Gasteiger partial charge in [-0.15, -0.1) is 0 Å². The molecule has 1 unspecified atom stereocenters. The van der Waals surface area contributed by atoms with Crippen LogP contribution in [0.2, 0.25) is 0 Å². The Labute approximate surface area is 88.2 Å². The van der Waals surface area contributed by atoms with E-state index in [9.17, 15) is 13.2 Å². The van der Waals surface area contributed by atoms with Crippen molar-refractivity contribution < 1.29 is 13.2 Å². The maximum absolute atomic E-state index is 13.0. The van der Waals surface area contributed by atoms with Gasteiger partial charge in [-0.2, -0.15) is 0 Å². The van der Waals surface area contributed by atoms with Gasteiger partial charge in [-0.05, 0) is 34.0 Å². The first-order chi connectivity index (χ1) is 6.52. The van der Waals surface area contributed by atoms with Crippen LogP contribution in [0.3, 0.4) is 0 Å². The van der Waals surface area contributed by atoms with Gasteiger partial charge in [0.15, 0.2) is 0 Å². The summed E-state index contributed by atoms with van der Waals surface area (Å²) in [5.41, 5.74) is 5.63. The molecule has 78 valence electrons. The van der Waals surface area contributed by atoms with Crippen molar-refractivity contribution in [1.82, 2.24) is 0 Å². The molecule has 2 N–H and O–H groups in total. The van der Waals surface area contributed by atoms with Gasteiger partial charge in [0, 0.05) is 0 Å². The summed E-state index contributed by atoms with van der Waals surface area (Å²) in [7, 11) is 0. The number of benzene rings is 1. The van der Waals surface area contributed by atoms with E-state index in [0.717, 1.165) is 0 Å². The van der Waals surface area contributed by atoms with Crippen LogP contribution >= 0.6 is 15.9 Å². The molecule has 0 aliphatic carbocycles. The van der Waals surface area contributed by atoms with Gasteiger partial charge in [0.05, 0.1) is 10.5 Å². The van der Waals surface area contributed by atoms with E-state index in [2.05, 4.69) is 15.9 Å². The molecule has 0 amide bonds. The molecular weight excluding hydrogens is 259 g/mol. The average molecular weight is 268 g/mol. The van der Waals surface area contributed by atoms with Gasteiger partial charge in [-0.25, -0.2) is 13.2 Å². The topological polar surface area (TPSA) is 26.0 Å². The molecule has 0 saturated heterocycles. The second-order valence-electron chi connectivity index (χ2n) is 2.92. The largest absolute Gasteiger partial charge is 0.323 e. The van der Waals surface area contributed by atoms with E-state index in [0.29, 0.717) is 5.56 Å². The highest BCUT2D eigenvalue weighted by molar-refractivity contribution is 9.10. The van der Waals surface area contributed by atoms with Gasteiger partial charge in [0.25, 0.3) is 6.43 Å². The first-order valence-corrected chi connectivity index (χ1v) is 4.78. The number of rotatable bonds is 3. The molecule has 1 nitrogen and oxygen atoms in total. The lowest BCUT2D eigenvalue weighted by molar-refractivity contribution is 0.116. The van der Waals surface area contributed by atoms with Gasteiger partial charge in [0.1, 0.15) is 5.82 Å². The van der Waals surface area contributed by atoms with Crippen LogP contribution in [0.5, 0.6) is 0 Å². The summed E-state index contributed by atoms with van der Waals surface area (Å²) in [6, 6.07) is 3.03. The Balaban J connectivity index is 2.82. The fraction of sp³-hybridized carbons (Fsp3) is 0.333. The molecule has 0 bridgehead atoms. The Hall–Kier alpha value is -0.550. The molecule has 0 saturated carbocycles. The van der Waals surface area contributed by atoms with Gasteiger partial charge < -0.3 is 5.73 Å². The Morgan fingerprint density at radius 1 is 1.36 bits per heavy atom. The summed E-state index contributed by atoms with van der Waals surface area (Å²) in [5.74, 6) is -0.469. The van der Waals surface area contributed by atoms with Gasteiger partial charge in [-0.1, -0.05) is 12.1 Å². The van der Waals surface area contributed by atoms with Crippen molar-refractivity contribution in [3.05, 3.63) is 34.1 Å². The molecule has 14 heavy (non-hydrogen) atoms. The van der Waals surface area contributed by atoms with E-state index < -0.39 is 18.3 Å². The fourth-order valence-electron chi connectivity index (χ4n) is 1.05. The summed E-state index contributed by atoms with van der Waals surface area (Å²) >= 11 is 2.98. The van der Waals surface area contributed by atoms with Crippen LogP contribution in [-0.4, -0.2) is 12.5 Å². The SMILES string of the molecule is NC(Cc1cccc(F)c1Br)C(F)F. The van der Waals surface area contributed by atoms with E-state index in [-0.39, 0.29) is 10.9 Å². The van der Waals surface area contributed by atoms with E-state index in [1.54, 1.807) is 6.07 Å². The Kier molecular flexibility index (Phi) is 3.95. The third-order valence-corrected chi connectivity index (χ3v) is 2.70. The first-order valence-electron chi connectivity index (χ1n) is 3.99. The maximum atomic E-state index is 13.0. The van der Waals surface area contributed by atoms with Crippen LogP contribution in [0.25, 0.3) is 0 Å². The number of hydrogen-bond donors (Lipinski definition) is 1. The molecule has 0 aliphatic heterocycles. The molecule has 1 aromatic carbocycles. The van der Waals surface area contributed by atoms with Crippen LogP contribution in [-0.2, 0) is 6.42 Å². The summed E-state index contributed by atoms with van der Waals surface area (Å²) in [6.45, 7) is 0. The summed E-state index contributed by atoms with van der Waals surface area (Å²) in [4.78, 5) is 0. The van der Waals surface area contributed by atoms with Crippen molar-refractivity contribution in [1.29, 1.82) is 0 Å². The zero-order chi connectivity index (χ0) is 10.7. The first kappa shape index (κ1) is 11.5. The highest BCUT2D eigenvalue weighted by atomic mass is 79.9. The molecule has 0 fully saturated rings. The summed E-state index contributed by atoms with van der Waals surface area (Å²) in [5, 5.41) is 0. The Morgan fingerprint density at radius 2 is 2.00 bits per heavy atom. The number of nitrogens with two attached hydrogens (primary N) is 1. The van der Waals surface area contributed by atoms with Crippen molar-refractivity contribution in [2.45, 2.75) is 18.9 Å². The van der Waals surface area contributed by atoms with Gasteiger partial charge in [0.2, 0.25) is 0 Å². The summed E-state index contributed by atoms with van der Waals surface area (Å²) in [6.07, 6.45) is -2.64. The standard InChI is InChI=1S/C9H9BrF3N/c10-8-5(2-1-3-6(8)11)4-7(14)9(12)13/h1-3,7,9H,4,14H2. The van der Waals surface area contributed by atoms with Gasteiger partial charge in [-0.3, -0.25) is 0 Å². The molecule has 0 heterocycles. The molecule has 0 aliphatic rings. The second-order valence-corrected chi connectivity index (χ2v) is 3.71. The van der Waals surface area contributed by atoms with Crippen molar-refractivity contribution in [2.24, 2.45) is 5.73 Å². The predicted molar refractivity (Wildman–Crippen MR) is 51.8 cm³/mol. The minimum atomic E-state index is -2.59. The van der Waals surface area contributed by atoms with Crippen LogP contribution in [0.4, 0.5) is 13.2 Å². The molecule has 0 spiro atoms. The van der Waals surface area contributed by atoms with E-state index in [4.69, 9.17) is 5.73 Å². The fourth-order valence-corrected chi connectivity index (χ4v) is 1.48. The van der Waals surface area contributed by atoms with Crippen molar-refractivity contribution >= 4 is 15.9 Å². The lowest BCUT2D eigenvalue weighted by Gasteiger charge is -2.11. The zero-order valence-corrected chi connectivity index (χ0v) is 8.77. The molecule has 1 rings (SSSR count). The normalized spacial score (nSPS) is 13.3. The molecule has 5 heteroatoms. The quantitative estimate of drug-likeness (QED) is 0.896. The second kappa shape index (κ2) is 4.79. The van der Waals surface area contributed by atoms with Crippen LogP contribution in [0.15, 0.2) is 22.7 Å². The zero-order valence-electron chi connectivity index (χ0n) is 7.18. The molecule has 1 aromatic rings. The Bertz CT molecular complexity index is 317. The van der Waals surface area contributed by atoms with E-state index in [1.807, 2.05) is 0 Å². The van der Waals surface area contributed by atoms with E-state index >= 15 is 0 Å². The number of halogens is 4. The molecule has 0 radical (unpaired) electrons. The maximum Gasteiger partial charge on any atom is 0.253 e. The predicted octanol–water partition coefficient (Wildman–Crippen LogP) is 2.72. The smallest absolute Gasteiger partial charge is 0.253 e. The third-order valence-electron chi connectivity index (χ3n) is 1.81. The molecule has 1 atom stereocenters. The van der Waals surface area contributed by atoms with Crippen molar-refractivity contribution in [2.75, 3.05) is 0 Å². The molecule has 0 aromatic heterocycles. The highest BCUT2D eigenvalue weighted by Gasteiger charge is 2.17. The lowest BCUT2D eigenvalue weighted by atomic mass is 10.1. The molecular formula is C9H9BrF3N. The highest BCUT2D eigenvalue weighted by Crippen LogP contribution is 2.22. The van der Waals surface area contributed by atoms with Crippen LogP contribution in [0, 0.1) is 5.82 Å². The summed E-state index contributed by atoms with van der Waals surface area (Å²) < 4.78 is 37.4. The Morgan fingerprint density at radius 3 is 2.57 bits per heavy atom. The van der Waals surface area contributed by atoms with Crippen LogP contribution in [0.1, 0.15) is 5.56 Å². The average Bonchev–Trinajstić information content (AvgIpc) is 2.12. The lowest BCUT2D eigenvalue weighted by Crippen LogP contribution is -2.31. The van der Waals surface area contributed by atoms with Crippen LogP contribution < -0.4 is 5.73 Å². The monoisotopic (exact) mass is 267 g/mol. The minimum absolute atomic E-state index is 0.0456. The van der Waals surface area contributed by atoms with Gasteiger partial charge >= 0.3 is 0 Å². The number of alkyl halides is 2. The van der Waals surface area contributed by atoms with Crippen molar-refractivity contribution in [3.63, 3.8) is 0 Å². The minimum Gasteiger partial charge on any atom is -0.323 e. The third kappa shape index (κ3) is 2.72. The number of hydrogen-bond acceptors (Lipinski definition) is 1.